The van der Waals surface area contributed by atoms with E-state index >= 15 is 0 Å². The summed E-state index contributed by atoms with van der Waals surface area (Å²) in [7, 11) is 0. The van der Waals surface area contributed by atoms with Crippen molar-refractivity contribution in [3.05, 3.63) is 81.8 Å². The molecular weight excluding hydrogens is 481 g/mol. The van der Waals surface area contributed by atoms with Gasteiger partial charge in [-0.3, -0.25) is 9.59 Å². The number of amides is 2. The molecule has 3 aromatic carbocycles. The Balaban J connectivity index is 1.34. The van der Waals surface area contributed by atoms with E-state index in [0.717, 1.165) is 0 Å². The molecule has 4 rings (SSSR count). The van der Waals surface area contributed by atoms with Crippen molar-refractivity contribution in [2.24, 2.45) is 5.10 Å². The van der Waals surface area contributed by atoms with Crippen LogP contribution in [0.4, 0.5) is 5.69 Å². The van der Waals surface area contributed by atoms with Crippen molar-refractivity contribution >= 4 is 46.4 Å². The molecule has 0 aliphatic carbocycles. The summed E-state index contributed by atoms with van der Waals surface area (Å²) in [4.78, 5) is 24.7. The number of rotatable bonds is 7. The summed E-state index contributed by atoms with van der Waals surface area (Å²) in [5.41, 5.74) is 4.72. The maximum absolute atomic E-state index is 12.4. The van der Waals surface area contributed by atoms with Gasteiger partial charge in [-0.1, -0.05) is 35.3 Å². The first-order valence-electron chi connectivity index (χ1n) is 10.1. The van der Waals surface area contributed by atoms with Gasteiger partial charge in [0.1, 0.15) is 5.75 Å². The van der Waals surface area contributed by atoms with Crippen LogP contribution in [0.1, 0.15) is 22.8 Å². The number of carbonyl (C=O) groups excluding carboxylic acids is 2. The second kappa shape index (κ2) is 10.5. The molecular formula is C24H19Cl2N3O5. The van der Waals surface area contributed by atoms with Crippen LogP contribution in [0.15, 0.2) is 65.8 Å². The van der Waals surface area contributed by atoms with E-state index in [-0.39, 0.29) is 25.2 Å². The number of hydrogen-bond donors (Lipinski definition) is 2. The Morgan fingerprint density at radius 3 is 2.65 bits per heavy atom. The van der Waals surface area contributed by atoms with Gasteiger partial charge in [0.25, 0.3) is 11.8 Å². The van der Waals surface area contributed by atoms with Gasteiger partial charge in [-0.05, 0) is 61.0 Å². The van der Waals surface area contributed by atoms with Crippen molar-refractivity contribution < 1.29 is 23.8 Å². The first-order valence-corrected chi connectivity index (χ1v) is 10.9. The van der Waals surface area contributed by atoms with Gasteiger partial charge in [0.15, 0.2) is 18.1 Å². The van der Waals surface area contributed by atoms with Crippen molar-refractivity contribution in [1.29, 1.82) is 0 Å². The van der Waals surface area contributed by atoms with Crippen molar-refractivity contribution in [2.45, 2.75) is 6.92 Å². The Kier molecular flexibility index (Phi) is 7.20. The van der Waals surface area contributed by atoms with Crippen molar-refractivity contribution in [3.8, 4) is 17.2 Å². The largest absolute Gasteiger partial charge is 0.482 e. The summed E-state index contributed by atoms with van der Waals surface area (Å²) in [6.07, 6.45) is 0. The number of hydrogen-bond acceptors (Lipinski definition) is 6. The second-order valence-electron chi connectivity index (χ2n) is 7.20. The molecule has 174 valence electrons. The third kappa shape index (κ3) is 5.78. The van der Waals surface area contributed by atoms with Crippen LogP contribution in [0.3, 0.4) is 0 Å². The molecule has 0 unspecified atom stereocenters. The fourth-order valence-electron chi connectivity index (χ4n) is 3.06. The Labute approximate surface area is 205 Å². The lowest BCUT2D eigenvalue weighted by atomic mass is 10.1. The van der Waals surface area contributed by atoms with E-state index in [1.807, 2.05) is 6.07 Å². The Hall–Kier alpha value is -3.75. The molecule has 0 atom stereocenters. The minimum Gasteiger partial charge on any atom is -0.482 e. The zero-order chi connectivity index (χ0) is 24.1. The number of ether oxygens (including phenoxy) is 3. The van der Waals surface area contributed by atoms with Crippen LogP contribution in [0.5, 0.6) is 17.2 Å². The van der Waals surface area contributed by atoms with Crippen LogP contribution in [0, 0.1) is 0 Å². The second-order valence-corrected chi connectivity index (χ2v) is 8.04. The van der Waals surface area contributed by atoms with Gasteiger partial charge in [0.2, 0.25) is 6.79 Å². The molecule has 0 aromatic heterocycles. The van der Waals surface area contributed by atoms with E-state index in [0.29, 0.717) is 49.8 Å². The summed E-state index contributed by atoms with van der Waals surface area (Å²) in [6, 6.07) is 16.7. The highest BCUT2D eigenvalue weighted by Gasteiger charge is 2.16. The summed E-state index contributed by atoms with van der Waals surface area (Å²) >= 11 is 11.9. The maximum Gasteiger partial charge on any atom is 0.271 e. The summed E-state index contributed by atoms with van der Waals surface area (Å²) in [5, 5.41) is 7.70. The average Bonchev–Trinajstić information content (AvgIpc) is 3.30. The summed E-state index contributed by atoms with van der Waals surface area (Å²) in [6.45, 7) is 1.64. The topological polar surface area (TPSA) is 98.3 Å². The number of fused-ring (bicyclic) bond motifs is 1. The van der Waals surface area contributed by atoms with Gasteiger partial charge in [-0.2, -0.15) is 5.10 Å². The molecule has 3 aromatic rings. The van der Waals surface area contributed by atoms with Crippen molar-refractivity contribution in [1.82, 2.24) is 5.43 Å². The molecule has 1 aliphatic heterocycles. The van der Waals surface area contributed by atoms with Gasteiger partial charge in [0.05, 0.1) is 10.7 Å². The number of benzene rings is 3. The molecule has 0 saturated heterocycles. The molecule has 0 spiro atoms. The fraction of sp³-hybridized carbons (Fsp3) is 0.125. The summed E-state index contributed by atoms with van der Waals surface area (Å²) < 4.78 is 16.0. The Bertz CT molecular complexity index is 1280. The minimum absolute atomic E-state index is 0.130. The van der Waals surface area contributed by atoms with Crippen molar-refractivity contribution in [2.75, 3.05) is 18.7 Å². The number of anilines is 1. The number of halogens is 2. The van der Waals surface area contributed by atoms with E-state index in [2.05, 4.69) is 15.8 Å². The van der Waals surface area contributed by atoms with E-state index in [1.165, 1.54) is 6.07 Å². The lowest BCUT2D eigenvalue weighted by molar-refractivity contribution is -0.118. The molecule has 0 fully saturated rings. The van der Waals surface area contributed by atoms with Crippen LogP contribution < -0.4 is 25.0 Å². The third-order valence-electron chi connectivity index (χ3n) is 4.78. The molecule has 1 heterocycles. The number of nitrogens with one attached hydrogen (secondary N) is 2. The predicted molar refractivity (Wildman–Crippen MR) is 129 cm³/mol. The zero-order valence-electron chi connectivity index (χ0n) is 17.9. The Morgan fingerprint density at radius 2 is 1.82 bits per heavy atom. The SMILES string of the molecule is C/C(=N/NC(=O)c1ccc2c(c1)OCO2)c1cccc(NC(=O)COc2ccc(Cl)cc2Cl)c1. The van der Waals surface area contributed by atoms with Crippen LogP contribution in [-0.4, -0.2) is 30.9 Å². The minimum atomic E-state index is -0.389. The van der Waals surface area contributed by atoms with Crippen LogP contribution in [0.2, 0.25) is 10.0 Å². The molecule has 0 bridgehead atoms. The standard InChI is InChI=1S/C24H19Cl2N3O5/c1-14(28-29-24(31)16-5-7-21-22(10-16)34-13-33-21)15-3-2-4-18(9-15)27-23(30)12-32-20-8-6-17(25)11-19(20)26/h2-11H,12-13H2,1H3,(H,27,30)(H,29,31)/b28-14-. The van der Waals surface area contributed by atoms with Crippen LogP contribution >= 0.6 is 23.2 Å². The molecule has 10 heteroatoms. The number of carbonyl (C=O) groups is 2. The fourth-order valence-corrected chi connectivity index (χ4v) is 3.52. The molecule has 8 nitrogen and oxygen atoms in total. The van der Waals surface area contributed by atoms with E-state index in [1.54, 1.807) is 55.5 Å². The molecule has 0 radical (unpaired) electrons. The molecule has 1 aliphatic rings. The lowest BCUT2D eigenvalue weighted by Gasteiger charge is -2.10. The van der Waals surface area contributed by atoms with Gasteiger partial charge in [-0.25, -0.2) is 5.43 Å². The van der Waals surface area contributed by atoms with Gasteiger partial charge >= 0.3 is 0 Å². The van der Waals surface area contributed by atoms with Crippen molar-refractivity contribution in [3.63, 3.8) is 0 Å². The highest BCUT2D eigenvalue weighted by molar-refractivity contribution is 6.35. The molecule has 2 amide bonds. The predicted octanol–water partition coefficient (Wildman–Crippen LogP) is 4.89. The van der Waals surface area contributed by atoms with Crippen LogP contribution in [-0.2, 0) is 4.79 Å². The molecule has 0 saturated carbocycles. The number of nitrogens with zero attached hydrogens (tertiary/aromatic N) is 1. The van der Waals surface area contributed by atoms with Gasteiger partial charge in [0, 0.05) is 16.3 Å². The average molecular weight is 500 g/mol. The normalized spacial score (nSPS) is 12.3. The third-order valence-corrected chi connectivity index (χ3v) is 5.31. The highest BCUT2D eigenvalue weighted by Crippen LogP contribution is 2.32. The maximum atomic E-state index is 12.4. The van der Waals surface area contributed by atoms with E-state index in [4.69, 9.17) is 37.4 Å². The molecule has 2 N–H and O–H groups in total. The first-order chi connectivity index (χ1) is 16.4. The van der Waals surface area contributed by atoms with Crippen LogP contribution in [0.25, 0.3) is 0 Å². The smallest absolute Gasteiger partial charge is 0.271 e. The lowest BCUT2D eigenvalue weighted by Crippen LogP contribution is -2.21. The van der Waals surface area contributed by atoms with Gasteiger partial charge < -0.3 is 19.5 Å². The molecule has 34 heavy (non-hydrogen) atoms. The summed E-state index contributed by atoms with van der Waals surface area (Å²) in [5.74, 6) is 0.709. The van der Waals surface area contributed by atoms with E-state index < -0.39 is 0 Å². The zero-order valence-corrected chi connectivity index (χ0v) is 19.4. The van der Waals surface area contributed by atoms with E-state index in [9.17, 15) is 9.59 Å². The number of hydrazone groups is 1. The first kappa shape index (κ1) is 23.4. The Morgan fingerprint density at radius 1 is 1.00 bits per heavy atom. The monoisotopic (exact) mass is 499 g/mol. The van der Waals surface area contributed by atoms with Gasteiger partial charge in [-0.15, -0.1) is 0 Å². The quantitative estimate of drug-likeness (QED) is 0.356. The highest BCUT2D eigenvalue weighted by atomic mass is 35.5.